The quantitative estimate of drug-likeness (QED) is 0.602. The molecule has 0 aliphatic carbocycles. The minimum Gasteiger partial charge on any atom is -0.444 e. The van der Waals surface area contributed by atoms with Gasteiger partial charge in [-0.3, -0.25) is 4.90 Å². The minimum atomic E-state index is -0.733. The lowest BCUT2D eigenvalue weighted by Gasteiger charge is -2.18. The molecule has 6 heteroatoms. The van der Waals surface area contributed by atoms with Crippen molar-refractivity contribution in [2.75, 3.05) is 6.73 Å². The Labute approximate surface area is 116 Å². The van der Waals surface area contributed by atoms with Gasteiger partial charge in [-0.2, -0.15) is 0 Å². The molecule has 0 spiro atoms. The average Bonchev–Trinajstić information content (AvgIpc) is 2.85. The van der Waals surface area contributed by atoms with E-state index >= 15 is 0 Å². The number of aldehydes is 1. The zero-order valence-corrected chi connectivity index (χ0v) is 10.9. The molecule has 1 heterocycles. The number of carbonyl (C=O) groups excluding carboxylic acids is 3. The standard InChI is InChI=1S/C14H15NO5/c16-8-4-7-12-13(17)20-10-15(12)14(18)19-9-11-5-2-1-3-6-11/h1-3,5-6,8,12H,4,7,9-10H2/t12-/m0/s1. The fourth-order valence-electron chi connectivity index (χ4n) is 1.93. The highest BCUT2D eigenvalue weighted by atomic mass is 16.6. The topological polar surface area (TPSA) is 72.9 Å². The van der Waals surface area contributed by atoms with E-state index < -0.39 is 18.1 Å². The first-order valence-corrected chi connectivity index (χ1v) is 6.30. The summed E-state index contributed by atoms with van der Waals surface area (Å²) in [6.45, 7) is 0.000739. The van der Waals surface area contributed by atoms with Crippen molar-refractivity contribution >= 4 is 18.3 Å². The Morgan fingerprint density at radius 2 is 2.15 bits per heavy atom. The summed E-state index contributed by atoms with van der Waals surface area (Å²) in [5, 5.41) is 0. The van der Waals surface area contributed by atoms with Crippen molar-refractivity contribution < 1.29 is 23.9 Å². The first-order chi connectivity index (χ1) is 9.72. The molecule has 0 aromatic heterocycles. The molecule has 0 unspecified atom stereocenters. The van der Waals surface area contributed by atoms with E-state index in [1.807, 2.05) is 30.3 Å². The Kier molecular flexibility index (Phi) is 4.70. The van der Waals surface area contributed by atoms with Gasteiger partial charge < -0.3 is 14.3 Å². The smallest absolute Gasteiger partial charge is 0.413 e. The summed E-state index contributed by atoms with van der Waals surface area (Å²) >= 11 is 0. The van der Waals surface area contributed by atoms with Gasteiger partial charge in [0.25, 0.3) is 0 Å². The van der Waals surface area contributed by atoms with Crippen LogP contribution in [0.3, 0.4) is 0 Å². The number of cyclic esters (lactones) is 1. The Bertz CT molecular complexity index is 488. The van der Waals surface area contributed by atoms with E-state index in [2.05, 4.69) is 0 Å². The van der Waals surface area contributed by atoms with Crippen LogP contribution in [0.2, 0.25) is 0 Å². The Morgan fingerprint density at radius 1 is 1.40 bits per heavy atom. The average molecular weight is 277 g/mol. The second-order valence-electron chi connectivity index (χ2n) is 4.36. The lowest BCUT2D eigenvalue weighted by molar-refractivity contribution is -0.139. The summed E-state index contributed by atoms with van der Waals surface area (Å²) in [6, 6.07) is 8.50. The van der Waals surface area contributed by atoms with E-state index in [0.29, 0.717) is 6.29 Å². The third-order valence-electron chi connectivity index (χ3n) is 2.99. The molecule has 1 aromatic carbocycles. The van der Waals surface area contributed by atoms with Gasteiger partial charge in [-0.15, -0.1) is 0 Å². The number of hydrogen-bond acceptors (Lipinski definition) is 5. The molecule has 1 aliphatic rings. The number of nitrogens with zero attached hydrogens (tertiary/aromatic N) is 1. The second-order valence-corrected chi connectivity index (χ2v) is 4.36. The molecule has 1 saturated heterocycles. The molecule has 6 nitrogen and oxygen atoms in total. The van der Waals surface area contributed by atoms with E-state index in [0.717, 1.165) is 5.56 Å². The highest BCUT2D eigenvalue weighted by Crippen LogP contribution is 2.17. The van der Waals surface area contributed by atoms with Crippen molar-refractivity contribution in [1.82, 2.24) is 4.90 Å². The lowest BCUT2D eigenvalue weighted by Crippen LogP contribution is -2.38. The maximum atomic E-state index is 11.9. The van der Waals surface area contributed by atoms with Crippen LogP contribution in [-0.2, 0) is 25.7 Å². The Hall–Kier alpha value is -2.37. The normalized spacial score (nSPS) is 17.7. The van der Waals surface area contributed by atoms with Gasteiger partial charge in [0, 0.05) is 6.42 Å². The highest BCUT2D eigenvalue weighted by Gasteiger charge is 2.38. The molecule has 0 radical (unpaired) electrons. The number of carbonyl (C=O) groups is 3. The molecule has 1 aromatic rings. The molecular formula is C14H15NO5. The van der Waals surface area contributed by atoms with Crippen molar-refractivity contribution in [2.24, 2.45) is 0 Å². The molecule has 0 saturated carbocycles. The van der Waals surface area contributed by atoms with Crippen LogP contribution in [0.1, 0.15) is 18.4 Å². The SMILES string of the molecule is O=CCC[C@H]1C(=O)OCN1C(=O)OCc1ccccc1. The summed E-state index contributed by atoms with van der Waals surface area (Å²) in [7, 11) is 0. The van der Waals surface area contributed by atoms with Gasteiger partial charge in [0.05, 0.1) is 0 Å². The third kappa shape index (κ3) is 3.34. The van der Waals surface area contributed by atoms with Gasteiger partial charge in [-0.1, -0.05) is 30.3 Å². The first-order valence-electron chi connectivity index (χ1n) is 6.30. The van der Waals surface area contributed by atoms with Crippen molar-refractivity contribution in [3.8, 4) is 0 Å². The summed E-state index contributed by atoms with van der Waals surface area (Å²) in [5.74, 6) is -0.497. The summed E-state index contributed by atoms with van der Waals surface area (Å²) in [6.07, 6.45) is 0.542. The number of benzene rings is 1. The predicted octanol–water partition coefficient (Wildman–Crippen LogP) is 1.49. The van der Waals surface area contributed by atoms with E-state index in [4.69, 9.17) is 9.47 Å². The molecular weight excluding hydrogens is 262 g/mol. The van der Waals surface area contributed by atoms with Crippen LogP contribution in [0.15, 0.2) is 30.3 Å². The van der Waals surface area contributed by atoms with Gasteiger partial charge in [-0.25, -0.2) is 9.59 Å². The van der Waals surface area contributed by atoms with E-state index in [1.165, 1.54) is 4.90 Å². The van der Waals surface area contributed by atoms with Gasteiger partial charge in [0.2, 0.25) is 0 Å². The van der Waals surface area contributed by atoms with E-state index in [1.54, 1.807) is 0 Å². The van der Waals surface area contributed by atoms with Crippen LogP contribution in [0, 0.1) is 0 Å². The number of esters is 1. The predicted molar refractivity (Wildman–Crippen MR) is 68.5 cm³/mol. The number of ether oxygens (including phenoxy) is 2. The zero-order valence-electron chi connectivity index (χ0n) is 10.9. The number of rotatable bonds is 5. The summed E-state index contributed by atoms with van der Waals surface area (Å²) in [5.41, 5.74) is 0.858. The molecule has 2 rings (SSSR count). The summed E-state index contributed by atoms with van der Waals surface area (Å²) in [4.78, 5) is 35.0. The van der Waals surface area contributed by atoms with Crippen molar-refractivity contribution in [3.63, 3.8) is 0 Å². The van der Waals surface area contributed by atoms with Crippen LogP contribution in [0.25, 0.3) is 0 Å². The largest absolute Gasteiger partial charge is 0.444 e. The molecule has 1 amide bonds. The molecule has 1 aliphatic heterocycles. The minimum absolute atomic E-state index is 0.129. The van der Waals surface area contributed by atoms with Crippen LogP contribution in [0.5, 0.6) is 0 Å². The molecule has 1 atom stereocenters. The Balaban J connectivity index is 1.90. The maximum Gasteiger partial charge on any atom is 0.413 e. The van der Waals surface area contributed by atoms with Gasteiger partial charge in [0.1, 0.15) is 18.9 Å². The molecule has 0 bridgehead atoms. The van der Waals surface area contributed by atoms with E-state index in [9.17, 15) is 14.4 Å². The van der Waals surface area contributed by atoms with Crippen LogP contribution in [-0.4, -0.2) is 36.0 Å². The zero-order chi connectivity index (χ0) is 14.4. The number of amides is 1. The monoisotopic (exact) mass is 277 g/mol. The molecule has 106 valence electrons. The lowest BCUT2D eigenvalue weighted by atomic mass is 10.1. The Morgan fingerprint density at radius 3 is 2.85 bits per heavy atom. The van der Waals surface area contributed by atoms with Gasteiger partial charge in [-0.05, 0) is 12.0 Å². The van der Waals surface area contributed by atoms with Crippen molar-refractivity contribution in [3.05, 3.63) is 35.9 Å². The van der Waals surface area contributed by atoms with Crippen molar-refractivity contribution in [2.45, 2.75) is 25.5 Å². The third-order valence-corrected chi connectivity index (χ3v) is 2.99. The molecule has 1 fully saturated rings. The van der Waals surface area contributed by atoms with Gasteiger partial charge in [0.15, 0.2) is 6.73 Å². The van der Waals surface area contributed by atoms with Crippen LogP contribution in [0.4, 0.5) is 4.79 Å². The van der Waals surface area contributed by atoms with Crippen molar-refractivity contribution in [1.29, 1.82) is 0 Å². The number of hydrogen-bond donors (Lipinski definition) is 0. The first kappa shape index (κ1) is 14.0. The second kappa shape index (κ2) is 6.70. The fraction of sp³-hybridized carbons (Fsp3) is 0.357. The van der Waals surface area contributed by atoms with Crippen LogP contribution >= 0.6 is 0 Å². The highest BCUT2D eigenvalue weighted by molar-refractivity contribution is 5.84. The fourth-order valence-corrected chi connectivity index (χ4v) is 1.93. The van der Waals surface area contributed by atoms with Crippen LogP contribution < -0.4 is 0 Å². The molecule has 20 heavy (non-hydrogen) atoms. The summed E-state index contributed by atoms with van der Waals surface area (Å²) < 4.78 is 9.96. The maximum absolute atomic E-state index is 11.9. The van der Waals surface area contributed by atoms with Gasteiger partial charge >= 0.3 is 12.1 Å². The van der Waals surface area contributed by atoms with E-state index in [-0.39, 0.29) is 26.2 Å². The molecule has 0 N–H and O–H groups in total.